The number of esters is 1. The largest absolute Gasteiger partial charge is 0.488 e. The number of aromatic nitrogens is 1. The van der Waals surface area contributed by atoms with E-state index in [1.807, 2.05) is 12.1 Å². The SMILES string of the molecule is CCOC(=O)C1=C(C)N=c2s/c(=C\c3ccc(OCc4ccc(F)cc4)c(Br)c3)c(=O)n2[C@@H]1c1ccc(F)cc1. The summed E-state index contributed by atoms with van der Waals surface area (Å²) in [7, 11) is 0. The molecule has 3 aromatic carbocycles. The molecule has 0 saturated heterocycles. The second-order valence-corrected chi connectivity index (χ2v) is 10.8. The molecule has 2 heterocycles. The highest BCUT2D eigenvalue weighted by Gasteiger charge is 2.33. The quantitative estimate of drug-likeness (QED) is 0.258. The summed E-state index contributed by atoms with van der Waals surface area (Å²) < 4.78 is 40.6. The maximum absolute atomic E-state index is 13.7. The average molecular weight is 625 g/mol. The van der Waals surface area contributed by atoms with E-state index >= 15 is 0 Å². The number of hydrogen-bond donors (Lipinski definition) is 0. The summed E-state index contributed by atoms with van der Waals surface area (Å²) >= 11 is 4.72. The molecule has 0 aliphatic carbocycles. The third-order valence-electron chi connectivity index (χ3n) is 6.26. The molecule has 1 atom stereocenters. The maximum Gasteiger partial charge on any atom is 0.338 e. The standard InChI is InChI=1S/C30H23BrF2N2O4S/c1-3-38-29(37)26-17(2)34-30-35(27(26)20-7-11-22(33)12-8-20)28(36)25(40-30)15-19-6-13-24(23(31)14-19)39-16-18-4-9-21(32)10-5-18/h4-15,27H,3,16H2,1-2H3/b25-15-/t27-/m1/s1. The number of ether oxygens (including phenoxy) is 2. The molecule has 0 saturated carbocycles. The fourth-order valence-electron chi connectivity index (χ4n) is 4.37. The number of rotatable bonds is 7. The number of carbonyl (C=O) groups excluding carboxylic acids is 1. The third kappa shape index (κ3) is 5.68. The molecule has 0 unspecified atom stereocenters. The van der Waals surface area contributed by atoms with E-state index < -0.39 is 17.8 Å². The van der Waals surface area contributed by atoms with Crippen LogP contribution in [0.4, 0.5) is 8.78 Å². The van der Waals surface area contributed by atoms with Crippen molar-refractivity contribution in [1.29, 1.82) is 0 Å². The Kier molecular flexibility index (Phi) is 8.09. The molecule has 4 aromatic rings. The number of fused-ring (bicyclic) bond motifs is 1. The highest BCUT2D eigenvalue weighted by Crippen LogP contribution is 2.31. The van der Waals surface area contributed by atoms with Crippen LogP contribution in [0.2, 0.25) is 0 Å². The third-order valence-corrected chi connectivity index (χ3v) is 7.87. The highest BCUT2D eigenvalue weighted by atomic mass is 79.9. The Labute approximate surface area is 240 Å². The predicted molar refractivity (Wildman–Crippen MR) is 152 cm³/mol. The zero-order valence-electron chi connectivity index (χ0n) is 21.5. The normalized spacial score (nSPS) is 15.0. The van der Waals surface area contributed by atoms with Gasteiger partial charge in [0.1, 0.15) is 24.0 Å². The Balaban J connectivity index is 1.51. The van der Waals surface area contributed by atoms with Crippen molar-refractivity contribution in [2.24, 2.45) is 4.99 Å². The molecule has 6 nitrogen and oxygen atoms in total. The van der Waals surface area contributed by atoms with Gasteiger partial charge in [0, 0.05) is 0 Å². The minimum absolute atomic E-state index is 0.161. The van der Waals surface area contributed by atoms with Crippen molar-refractivity contribution in [1.82, 2.24) is 4.57 Å². The molecule has 0 radical (unpaired) electrons. The molecule has 1 aromatic heterocycles. The number of thiazole rings is 1. The van der Waals surface area contributed by atoms with E-state index in [1.165, 1.54) is 40.2 Å². The molecule has 5 rings (SSSR count). The van der Waals surface area contributed by atoms with Gasteiger partial charge in [-0.1, -0.05) is 41.7 Å². The lowest BCUT2D eigenvalue weighted by atomic mass is 9.96. The molecule has 0 amide bonds. The molecule has 0 fully saturated rings. The average Bonchev–Trinajstić information content (AvgIpc) is 3.23. The maximum atomic E-state index is 13.7. The van der Waals surface area contributed by atoms with Crippen LogP contribution < -0.4 is 19.6 Å². The van der Waals surface area contributed by atoms with Crippen LogP contribution in [0.3, 0.4) is 0 Å². The molecule has 1 aliphatic rings. The van der Waals surface area contributed by atoms with Crippen LogP contribution >= 0.6 is 27.3 Å². The van der Waals surface area contributed by atoms with Gasteiger partial charge in [-0.15, -0.1) is 0 Å². The lowest BCUT2D eigenvalue weighted by Crippen LogP contribution is -2.39. The second-order valence-electron chi connectivity index (χ2n) is 8.96. The molecular formula is C30H23BrF2N2O4S. The summed E-state index contributed by atoms with van der Waals surface area (Å²) in [5.41, 5.74) is 2.47. The number of allylic oxidation sites excluding steroid dienone is 1. The molecule has 0 N–H and O–H groups in total. The first-order valence-electron chi connectivity index (χ1n) is 12.4. The first-order chi connectivity index (χ1) is 19.2. The zero-order valence-corrected chi connectivity index (χ0v) is 23.9. The highest BCUT2D eigenvalue weighted by molar-refractivity contribution is 9.10. The molecule has 1 aliphatic heterocycles. The first kappa shape index (κ1) is 27.7. The van der Waals surface area contributed by atoms with Gasteiger partial charge in [-0.05, 0) is 88.9 Å². The van der Waals surface area contributed by atoms with E-state index in [1.54, 1.807) is 50.3 Å². The predicted octanol–water partition coefficient (Wildman–Crippen LogP) is 5.42. The summed E-state index contributed by atoms with van der Waals surface area (Å²) in [5, 5.41) is 0. The van der Waals surface area contributed by atoms with E-state index in [-0.39, 0.29) is 30.2 Å². The number of carbonyl (C=O) groups is 1. The topological polar surface area (TPSA) is 69.9 Å². The minimum atomic E-state index is -0.813. The Hall–Kier alpha value is -3.89. The molecule has 0 bridgehead atoms. The van der Waals surface area contributed by atoms with Crippen LogP contribution in [0.1, 0.15) is 36.6 Å². The van der Waals surface area contributed by atoms with E-state index in [2.05, 4.69) is 20.9 Å². The number of nitrogens with zero attached hydrogens (tertiary/aromatic N) is 2. The van der Waals surface area contributed by atoms with Crippen molar-refractivity contribution in [3.05, 3.63) is 130 Å². The van der Waals surface area contributed by atoms with Crippen molar-refractivity contribution in [2.45, 2.75) is 26.5 Å². The van der Waals surface area contributed by atoms with Gasteiger partial charge < -0.3 is 9.47 Å². The summed E-state index contributed by atoms with van der Waals surface area (Å²) in [6.07, 6.45) is 1.74. The van der Waals surface area contributed by atoms with Crippen molar-refractivity contribution in [3.63, 3.8) is 0 Å². The van der Waals surface area contributed by atoms with Gasteiger partial charge in [0.15, 0.2) is 4.80 Å². The Morgan fingerprint density at radius 2 is 1.75 bits per heavy atom. The van der Waals surface area contributed by atoms with E-state index in [9.17, 15) is 18.4 Å². The second kappa shape index (κ2) is 11.7. The number of halogens is 3. The summed E-state index contributed by atoms with van der Waals surface area (Å²) in [6, 6.07) is 16.4. The van der Waals surface area contributed by atoms with Crippen LogP contribution in [-0.4, -0.2) is 17.1 Å². The van der Waals surface area contributed by atoms with Crippen LogP contribution in [0.15, 0.2) is 92.3 Å². The first-order valence-corrected chi connectivity index (χ1v) is 14.0. The van der Waals surface area contributed by atoms with Crippen LogP contribution in [-0.2, 0) is 16.1 Å². The number of hydrogen-bond acceptors (Lipinski definition) is 6. The molecule has 10 heteroatoms. The lowest BCUT2D eigenvalue weighted by Gasteiger charge is -2.24. The van der Waals surface area contributed by atoms with Gasteiger partial charge in [0.25, 0.3) is 5.56 Å². The monoisotopic (exact) mass is 624 g/mol. The van der Waals surface area contributed by atoms with Gasteiger partial charge in [-0.25, -0.2) is 18.6 Å². The minimum Gasteiger partial charge on any atom is -0.488 e. The van der Waals surface area contributed by atoms with Crippen molar-refractivity contribution < 1.29 is 23.0 Å². The molecule has 204 valence electrons. The van der Waals surface area contributed by atoms with Crippen LogP contribution in [0.25, 0.3) is 6.08 Å². The molecular weight excluding hydrogens is 602 g/mol. The van der Waals surface area contributed by atoms with Crippen molar-refractivity contribution in [3.8, 4) is 5.75 Å². The fraction of sp³-hybridized carbons (Fsp3) is 0.167. The van der Waals surface area contributed by atoms with Gasteiger partial charge in [0.05, 0.1) is 32.9 Å². The van der Waals surface area contributed by atoms with Crippen LogP contribution in [0.5, 0.6) is 5.75 Å². The van der Waals surface area contributed by atoms with Gasteiger partial charge in [-0.2, -0.15) is 0 Å². The lowest BCUT2D eigenvalue weighted by molar-refractivity contribution is -0.139. The van der Waals surface area contributed by atoms with Crippen molar-refractivity contribution in [2.75, 3.05) is 6.61 Å². The summed E-state index contributed by atoms with van der Waals surface area (Å²) in [4.78, 5) is 31.6. The smallest absolute Gasteiger partial charge is 0.338 e. The molecule has 40 heavy (non-hydrogen) atoms. The van der Waals surface area contributed by atoms with Gasteiger partial charge in [0.2, 0.25) is 0 Å². The van der Waals surface area contributed by atoms with Crippen molar-refractivity contribution >= 4 is 39.3 Å². The van der Waals surface area contributed by atoms with E-state index in [0.717, 1.165) is 11.1 Å². The Bertz CT molecular complexity index is 1800. The fourth-order valence-corrected chi connectivity index (χ4v) is 5.93. The Morgan fingerprint density at radius 1 is 1.07 bits per heavy atom. The summed E-state index contributed by atoms with van der Waals surface area (Å²) in [6.45, 7) is 3.83. The number of benzene rings is 3. The van der Waals surface area contributed by atoms with E-state index in [0.29, 0.717) is 30.8 Å². The van der Waals surface area contributed by atoms with Gasteiger partial charge >= 0.3 is 5.97 Å². The Morgan fingerprint density at radius 3 is 2.40 bits per heavy atom. The van der Waals surface area contributed by atoms with Gasteiger partial charge in [-0.3, -0.25) is 9.36 Å². The zero-order chi connectivity index (χ0) is 28.4. The van der Waals surface area contributed by atoms with E-state index in [4.69, 9.17) is 9.47 Å². The summed E-state index contributed by atoms with van der Waals surface area (Å²) in [5.74, 6) is -0.720. The molecule has 0 spiro atoms. The van der Waals surface area contributed by atoms with Crippen LogP contribution in [0, 0.1) is 11.6 Å².